The Labute approximate surface area is 115 Å². The molecule has 1 unspecified atom stereocenters. The van der Waals surface area contributed by atoms with Crippen LogP contribution in [-0.2, 0) is 0 Å². The third kappa shape index (κ3) is 2.18. The van der Waals surface area contributed by atoms with E-state index in [-0.39, 0.29) is 23.8 Å². The van der Waals surface area contributed by atoms with Crippen molar-refractivity contribution in [3.63, 3.8) is 0 Å². The summed E-state index contributed by atoms with van der Waals surface area (Å²) >= 11 is 0. The van der Waals surface area contributed by atoms with E-state index in [0.29, 0.717) is 16.7 Å². The van der Waals surface area contributed by atoms with E-state index in [1.54, 1.807) is 19.1 Å². The summed E-state index contributed by atoms with van der Waals surface area (Å²) in [6.45, 7) is 1.65. The molecule has 0 aromatic heterocycles. The quantitative estimate of drug-likeness (QED) is 0.786. The first-order valence-corrected chi connectivity index (χ1v) is 6.30. The number of hydrogen-bond acceptors (Lipinski definition) is 2. The zero-order valence-electron chi connectivity index (χ0n) is 10.8. The molecule has 3 rings (SSSR count). The highest BCUT2D eigenvalue weighted by Crippen LogP contribution is 2.35. The molecule has 0 radical (unpaired) electrons. The predicted octanol–water partition coefficient (Wildman–Crippen LogP) is 3.98. The number of carbonyl (C=O) groups is 1. The number of halogens is 2. The van der Waals surface area contributed by atoms with Gasteiger partial charge in [-0.1, -0.05) is 6.07 Å². The van der Waals surface area contributed by atoms with Gasteiger partial charge in [-0.15, -0.1) is 0 Å². The van der Waals surface area contributed by atoms with E-state index in [9.17, 15) is 13.6 Å². The third-order valence-corrected chi connectivity index (χ3v) is 3.44. The summed E-state index contributed by atoms with van der Waals surface area (Å²) in [5, 5.41) is 0. The Kier molecular flexibility index (Phi) is 3.01. The molecule has 0 bridgehead atoms. The molecule has 1 aliphatic rings. The van der Waals surface area contributed by atoms with Gasteiger partial charge in [0.2, 0.25) is 0 Å². The summed E-state index contributed by atoms with van der Waals surface area (Å²) in [7, 11) is 0. The SMILES string of the molecule is Cc1cc(C2CC(=O)c3ccc(F)cc3O2)ccc1F. The Morgan fingerprint density at radius 2 is 1.95 bits per heavy atom. The molecule has 0 spiro atoms. The monoisotopic (exact) mass is 274 g/mol. The van der Waals surface area contributed by atoms with Crippen LogP contribution >= 0.6 is 0 Å². The van der Waals surface area contributed by atoms with Gasteiger partial charge in [-0.3, -0.25) is 4.79 Å². The number of aryl methyl sites for hydroxylation is 1. The molecule has 0 saturated carbocycles. The lowest BCUT2D eigenvalue weighted by molar-refractivity contribution is 0.0849. The van der Waals surface area contributed by atoms with E-state index < -0.39 is 11.9 Å². The molecule has 102 valence electrons. The lowest BCUT2D eigenvalue weighted by atomic mass is 9.95. The van der Waals surface area contributed by atoms with Crippen molar-refractivity contribution in [3.8, 4) is 5.75 Å². The Bertz CT molecular complexity index is 695. The van der Waals surface area contributed by atoms with Crippen LogP contribution in [0.5, 0.6) is 5.75 Å². The van der Waals surface area contributed by atoms with Gasteiger partial charge in [0.25, 0.3) is 0 Å². The van der Waals surface area contributed by atoms with Gasteiger partial charge in [0.15, 0.2) is 5.78 Å². The van der Waals surface area contributed by atoms with E-state index in [0.717, 1.165) is 0 Å². The molecule has 1 aliphatic heterocycles. The molecule has 0 aliphatic carbocycles. The molecule has 2 aromatic rings. The van der Waals surface area contributed by atoms with Gasteiger partial charge >= 0.3 is 0 Å². The highest BCUT2D eigenvalue weighted by Gasteiger charge is 2.28. The van der Waals surface area contributed by atoms with Gasteiger partial charge in [0, 0.05) is 6.07 Å². The van der Waals surface area contributed by atoms with E-state index >= 15 is 0 Å². The van der Waals surface area contributed by atoms with Crippen LogP contribution < -0.4 is 4.74 Å². The van der Waals surface area contributed by atoms with E-state index in [1.165, 1.54) is 24.3 Å². The molecule has 2 nitrogen and oxygen atoms in total. The molecular weight excluding hydrogens is 262 g/mol. The maximum absolute atomic E-state index is 13.3. The van der Waals surface area contributed by atoms with Gasteiger partial charge in [0.1, 0.15) is 23.5 Å². The van der Waals surface area contributed by atoms with Crippen molar-refractivity contribution in [3.05, 3.63) is 64.7 Å². The van der Waals surface area contributed by atoms with E-state index in [4.69, 9.17) is 4.74 Å². The number of rotatable bonds is 1. The highest BCUT2D eigenvalue weighted by molar-refractivity contribution is 6.00. The molecule has 0 fully saturated rings. The first-order valence-electron chi connectivity index (χ1n) is 6.30. The standard InChI is InChI=1S/C16H12F2O2/c1-9-6-10(2-5-13(9)18)15-8-14(19)12-4-3-11(17)7-16(12)20-15/h2-7,15H,8H2,1H3. The van der Waals surface area contributed by atoms with Crippen molar-refractivity contribution in [2.45, 2.75) is 19.4 Å². The van der Waals surface area contributed by atoms with Crippen LogP contribution in [0.2, 0.25) is 0 Å². The zero-order chi connectivity index (χ0) is 14.3. The first kappa shape index (κ1) is 12.8. The average Bonchev–Trinajstić information content (AvgIpc) is 2.41. The van der Waals surface area contributed by atoms with Crippen LogP contribution in [0, 0.1) is 18.6 Å². The Morgan fingerprint density at radius 3 is 2.70 bits per heavy atom. The summed E-state index contributed by atoms with van der Waals surface area (Å²) in [4.78, 5) is 12.1. The maximum atomic E-state index is 13.3. The van der Waals surface area contributed by atoms with Crippen LogP contribution in [0.15, 0.2) is 36.4 Å². The number of fused-ring (bicyclic) bond motifs is 1. The van der Waals surface area contributed by atoms with Crippen molar-refractivity contribution in [1.82, 2.24) is 0 Å². The molecule has 0 N–H and O–H groups in total. The largest absolute Gasteiger partial charge is 0.484 e. The fraction of sp³-hybridized carbons (Fsp3) is 0.188. The second-order valence-corrected chi connectivity index (χ2v) is 4.88. The summed E-state index contributed by atoms with van der Waals surface area (Å²) in [6.07, 6.45) is -0.333. The number of Topliss-reactive ketones (excluding diaryl/α,β-unsaturated/α-hetero) is 1. The smallest absolute Gasteiger partial charge is 0.170 e. The van der Waals surface area contributed by atoms with Gasteiger partial charge in [-0.05, 0) is 42.3 Å². The predicted molar refractivity (Wildman–Crippen MR) is 69.9 cm³/mol. The Morgan fingerprint density at radius 1 is 1.15 bits per heavy atom. The van der Waals surface area contributed by atoms with Crippen molar-refractivity contribution >= 4 is 5.78 Å². The van der Waals surface area contributed by atoms with Crippen LogP contribution in [0.25, 0.3) is 0 Å². The Balaban J connectivity index is 1.98. The van der Waals surface area contributed by atoms with Crippen LogP contribution in [0.4, 0.5) is 8.78 Å². The van der Waals surface area contributed by atoms with Crippen LogP contribution in [0.1, 0.15) is 34.0 Å². The fourth-order valence-electron chi connectivity index (χ4n) is 2.35. The van der Waals surface area contributed by atoms with Gasteiger partial charge in [0.05, 0.1) is 12.0 Å². The molecule has 1 heterocycles. The minimum atomic E-state index is -0.504. The fourth-order valence-corrected chi connectivity index (χ4v) is 2.35. The maximum Gasteiger partial charge on any atom is 0.170 e. The van der Waals surface area contributed by atoms with Crippen molar-refractivity contribution in [2.24, 2.45) is 0 Å². The van der Waals surface area contributed by atoms with E-state index in [1.807, 2.05) is 0 Å². The molecular formula is C16H12F2O2. The third-order valence-electron chi connectivity index (χ3n) is 3.44. The second-order valence-electron chi connectivity index (χ2n) is 4.88. The molecule has 1 atom stereocenters. The second kappa shape index (κ2) is 4.71. The molecule has 4 heteroatoms. The zero-order valence-corrected chi connectivity index (χ0v) is 10.8. The van der Waals surface area contributed by atoms with Crippen LogP contribution in [0.3, 0.4) is 0 Å². The molecule has 0 amide bonds. The summed E-state index contributed by atoms with van der Waals surface area (Å²) in [5.74, 6) is -0.610. The van der Waals surface area contributed by atoms with Gasteiger partial charge < -0.3 is 4.74 Å². The molecule has 0 saturated heterocycles. The van der Waals surface area contributed by atoms with Crippen molar-refractivity contribution in [1.29, 1.82) is 0 Å². The number of ether oxygens (including phenoxy) is 1. The molecule has 2 aromatic carbocycles. The Hall–Kier alpha value is -2.23. The van der Waals surface area contributed by atoms with Crippen molar-refractivity contribution in [2.75, 3.05) is 0 Å². The number of carbonyl (C=O) groups excluding carboxylic acids is 1. The normalized spacial score (nSPS) is 17.6. The number of hydrogen-bond donors (Lipinski definition) is 0. The number of ketones is 1. The highest BCUT2D eigenvalue weighted by atomic mass is 19.1. The van der Waals surface area contributed by atoms with E-state index in [2.05, 4.69) is 0 Å². The minimum absolute atomic E-state index is 0.0989. The van der Waals surface area contributed by atoms with Gasteiger partial charge in [-0.25, -0.2) is 8.78 Å². The molecule has 20 heavy (non-hydrogen) atoms. The lowest BCUT2D eigenvalue weighted by Crippen LogP contribution is -2.20. The summed E-state index contributed by atoms with van der Waals surface area (Å²) < 4.78 is 32.2. The van der Waals surface area contributed by atoms with Crippen molar-refractivity contribution < 1.29 is 18.3 Å². The lowest BCUT2D eigenvalue weighted by Gasteiger charge is -2.25. The summed E-state index contributed by atoms with van der Waals surface area (Å²) in [6, 6.07) is 8.46. The first-order chi connectivity index (χ1) is 9.54. The van der Waals surface area contributed by atoms with Gasteiger partial charge in [-0.2, -0.15) is 0 Å². The average molecular weight is 274 g/mol. The van der Waals surface area contributed by atoms with Crippen LogP contribution in [-0.4, -0.2) is 5.78 Å². The number of benzene rings is 2. The minimum Gasteiger partial charge on any atom is -0.484 e. The topological polar surface area (TPSA) is 26.3 Å². The summed E-state index contributed by atoms with van der Waals surface area (Å²) in [5.41, 5.74) is 1.59.